The Balaban J connectivity index is 0.00000300. The van der Waals surface area contributed by atoms with Crippen LogP contribution in [0.4, 0.5) is 8.78 Å². The summed E-state index contributed by atoms with van der Waals surface area (Å²) in [7, 11) is 0. The number of alkyl halides is 2. The van der Waals surface area contributed by atoms with Gasteiger partial charge in [0.15, 0.2) is 11.5 Å². The molecule has 1 heterocycles. The minimum atomic E-state index is -2.36. The third-order valence-corrected chi connectivity index (χ3v) is 4.88. The molecule has 0 spiro atoms. The van der Waals surface area contributed by atoms with E-state index in [9.17, 15) is 8.78 Å². The summed E-state index contributed by atoms with van der Waals surface area (Å²) in [4.78, 5) is 2.12. The molecule has 0 saturated carbocycles. The smallest absolute Gasteiger partial charge is 0.240 e. The topological polar surface area (TPSA) is 33.7 Å². The molecule has 1 saturated heterocycles. The van der Waals surface area contributed by atoms with Crippen molar-refractivity contribution in [3.8, 4) is 11.5 Å². The molecule has 0 amide bonds. The third kappa shape index (κ3) is 6.84. The molecule has 2 aromatic carbocycles. The van der Waals surface area contributed by atoms with Crippen LogP contribution in [-0.2, 0) is 6.61 Å². The van der Waals surface area contributed by atoms with Gasteiger partial charge in [0, 0.05) is 38.6 Å². The highest BCUT2D eigenvalue weighted by atomic mass is 35.5. The molecule has 0 aromatic heterocycles. The van der Waals surface area contributed by atoms with E-state index >= 15 is 0 Å². The van der Waals surface area contributed by atoms with Gasteiger partial charge in [-0.05, 0) is 30.2 Å². The summed E-state index contributed by atoms with van der Waals surface area (Å²) in [6, 6.07) is 15.1. The number of halogens is 3. The van der Waals surface area contributed by atoms with Crippen LogP contribution in [0.5, 0.6) is 11.5 Å². The quantitative estimate of drug-likeness (QED) is 0.630. The van der Waals surface area contributed by atoms with Gasteiger partial charge in [0.1, 0.15) is 6.61 Å². The predicted octanol–water partition coefficient (Wildman–Crippen LogP) is 4.69. The fraction of sp³-hybridized carbons (Fsp3) is 0.455. The number of piperazine rings is 1. The minimum Gasteiger partial charge on any atom is -0.490 e. The Labute approximate surface area is 177 Å². The van der Waals surface area contributed by atoms with Crippen LogP contribution in [0.15, 0.2) is 48.5 Å². The van der Waals surface area contributed by atoms with Gasteiger partial charge in [0.2, 0.25) is 6.43 Å². The molecule has 1 fully saturated rings. The van der Waals surface area contributed by atoms with Gasteiger partial charge in [0.25, 0.3) is 0 Å². The zero-order valence-corrected chi connectivity index (χ0v) is 17.5. The van der Waals surface area contributed by atoms with Crippen LogP contribution < -0.4 is 14.8 Å². The van der Waals surface area contributed by atoms with Crippen molar-refractivity contribution < 1.29 is 18.3 Å². The van der Waals surface area contributed by atoms with E-state index < -0.39 is 6.43 Å². The molecule has 0 unspecified atom stereocenters. The average molecular weight is 427 g/mol. The minimum absolute atomic E-state index is 0. The molecule has 2 aromatic rings. The Hall–Kier alpha value is -1.89. The standard InChI is InChI=1S/C22H28F2N2O2.ClH/c1-2-27-21-14-18(19(15-22(23)24)26-12-10-25-11-13-26)8-9-20(21)28-16-17-6-4-3-5-7-17;/h3-9,14,19,22,25H,2,10-13,15-16H2,1H3;1H/t19-;/m1./s1. The first-order valence-corrected chi connectivity index (χ1v) is 9.83. The number of rotatable bonds is 9. The van der Waals surface area contributed by atoms with Crippen molar-refractivity contribution >= 4 is 12.4 Å². The van der Waals surface area contributed by atoms with E-state index in [0.717, 1.165) is 37.3 Å². The highest BCUT2D eigenvalue weighted by Crippen LogP contribution is 2.35. The number of nitrogens with zero attached hydrogens (tertiary/aromatic N) is 1. The second-order valence-electron chi connectivity index (χ2n) is 6.84. The molecule has 0 aliphatic carbocycles. The van der Waals surface area contributed by atoms with Gasteiger partial charge in [-0.2, -0.15) is 0 Å². The second kappa shape index (κ2) is 12.0. The highest BCUT2D eigenvalue weighted by Gasteiger charge is 2.26. The number of nitrogens with one attached hydrogen (secondary N) is 1. The lowest BCUT2D eigenvalue weighted by Crippen LogP contribution is -2.45. The van der Waals surface area contributed by atoms with Crippen LogP contribution in [0.25, 0.3) is 0 Å². The van der Waals surface area contributed by atoms with E-state index in [1.54, 1.807) is 0 Å². The van der Waals surface area contributed by atoms with Crippen LogP contribution in [0.3, 0.4) is 0 Å². The van der Waals surface area contributed by atoms with Crippen molar-refractivity contribution in [2.75, 3.05) is 32.8 Å². The van der Waals surface area contributed by atoms with Crippen molar-refractivity contribution in [2.45, 2.75) is 32.4 Å². The lowest BCUT2D eigenvalue weighted by Gasteiger charge is -2.35. The van der Waals surface area contributed by atoms with E-state index in [1.807, 2.05) is 55.5 Å². The lowest BCUT2D eigenvalue weighted by molar-refractivity contribution is 0.0737. The maximum Gasteiger partial charge on any atom is 0.240 e. The molecule has 1 aliphatic heterocycles. The zero-order valence-electron chi connectivity index (χ0n) is 16.7. The Morgan fingerprint density at radius 3 is 2.38 bits per heavy atom. The van der Waals surface area contributed by atoms with Gasteiger partial charge >= 0.3 is 0 Å². The van der Waals surface area contributed by atoms with Gasteiger partial charge in [-0.25, -0.2) is 8.78 Å². The van der Waals surface area contributed by atoms with Gasteiger partial charge in [0.05, 0.1) is 6.61 Å². The van der Waals surface area contributed by atoms with Gasteiger partial charge in [-0.3, -0.25) is 4.90 Å². The molecule has 29 heavy (non-hydrogen) atoms. The Bertz CT molecular complexity index is 728. The van der Waals surface area contributed by atoms with Crippen molar-refractivity contribution in [1.82, 2.24) is 10.2 Å². The second-order valence-corrected chi connectivity index (χ2v) is 6.84. The SMILES string of the molecule is CCOc1cc([C@@H](CC(F)F)N2CCNCC2)ccc1OCc1ccccc1.Cl. The molecule has 3 rings (SSSR count). The molecule has 0 radical (unpaired) electrons. The molecule has 7 heteroatoms. The van der Waals surface area contributed by atoms with E-state index in [-0.39, 0.29) is 24.9 Å². The summed E-state index contributed by atoms with van der Waals surface area (Å²) >= 11 is 0. The maximum absolute atomic E-state index is 13.3. The summed E-state index contributed by atoms with van der Waals surface area (Å²) in [6.07, 6.45) is -2.54. The van der Waals surface area contributed by atoms with Crippen LogP contribution in [0, 0.1) is 0 Å². The first-order chi connectivity index (χ1) is 13.7. The van der Waals surface area contributed by atoms with Crippen molar-refractivity contribution in [1.29, 1.82) is 0 Å². The highest BCUT2D eigenvalue weighted by molar-refractivity contribution is 5.85. The zero-order chi connectivity index (χ0) is 19.8. The van der Waals surface area contributed by atoms with E-state index in [1.165, 1.54) is 0 Å². The van der Waals surface area contributed by atoms with Gasteiger partial charge in [-0.15, -0.1) is 12.4 Å². The molecule has 0 bridgehead atoms. The van der Waals surface area contributed by atoms with Crippen molar-refractivity contribution in [3.05, 3.63) is 59.7 Å². The molecule has 1 atom stereocenters. The number of benzene rings is 2. The van der Waals surface area contributed by atoms with E-state index in [4.69, 9.17) is 9.47 Å². The normalized spacial score (nSPS) is 15.6. The first kappa shape index (κ1) is 23.4. The molecular weight excluding hydrogens is 398 g/mol. The lowest BCUT2D eigenvalue weighted by atomic mass is 10.0. The van der Waals surface area contributed by atoms with Crippen LogP contribution in [0.2, 0.25) is 0 Å². The summed E-state index contributed by atoms with van der Waals surface area (Å²) in [5.41, 5.74) is 1.91. The fourth-order valence-corrected chi connectivity index (χ4v) is 3.51. The fourth-order valence-electron chi connectivity index (χ4n) is 3.51. The van der Waals surface area contributed by atoms with E-state index in [2.05, 4.69) is 10.2 Å². The van der Waals surface area contributed by atoms with Crippen LogP contribution in [0.1, 0.15) is 30.5 Å². The number of hydrogen-bond donors (Lipinski definition) is 1. The molecule has 1 aliphatic rings. The maximum atomic E-state index is 13.3. The van der Waals surface area contributed by atoms with Crippen LogP contribution in [-0.4, -0.2) is 44.1 Å². The average Bonchev–Trinajstić information content (AvgIpc) is 2.72. The largest absolute Gasteiger partial charge is 0.490 e. The predicted molar refractivity (Wildman–Crippen MR) is 113 cm³/mol. The summed E-state index contributed by atoms with van der Waals surface area (Å²) < 4.78 is 38.2. The monoisotopic (exact) mass is 426 g/mol. The van der Waals surface area contributed by atoms with Gasteiger partial charge in [-0.1, -0.05) is 36.4 Å². The van der Waals surface area contributed by atoms with Crippen LogP contribution >= 0.6 is 12.4 Å². The van der Waals surface area contributed by atoms with Crippen molar-refractivity contribution in [2.24, 2.45) is 0 Å². The van der Waals surface area contributed by atoms with Crippen molar-refractivity contribution in [3.63, 3.8) is 0 Å². The summed E-state index contributed by atoms with van der Waals surface area (Å²) in [5.74, 6) is 1.23. The van der Waals surface area contributed by atoms with Gasteiger partial charge < -0.3 is 14.8 Å². The first-order valence-electron chi connectivity index (χ1n) is 9.83. The number of hydrogen-bond acceptors (Lipinski definition) is 4. The Morgan fingerprint density at radius 1 is 1.00 bits per heavy atom. The Morgan fingerprint density at radius 2 is 1.72 bits per heavy atom. The molecule has 1 N–H and O–H groups in total. The number of ether oxygens (including phenoxy) is 2. The molecule has 4 nitrogen and oxygen atoms in total. The molecular formula is C22H29ClF2N2O2. The summed E-state index contributed by atoms with van der Waals surface area (Å²) in [5, 5.41) is 3.27. The summed E-state index contributed by atoms with van der Waals surface area (Å²) in [6.45, 7) is 5.96. The third-order valence-electron chi connectivity index (χ3n) is 4.88. The van der Waals surface area contributed by atoms with E-state index in [0.29, 0.717) is 24.7 Å². The molecule has 160 valence electrons. The Kier molecular flexibility index (Phi) is 9.64.